The fourth-order valence-corrected chi connectivity index (χ4v) is 11.1. The molecule has 0 atom stereocenters. The first-order valence-electron chi connectivity index (χ1n) is 24.0. The lowest BCUT2D eigenvalue weighted by Gasteiger charge is -2.11. The maximum absolute atomic E-state index is 7.00. The second kappa shape index (κ2) is 15.4. The van der Waals surface area contributed by atoms with Crippen LogP contribution in [0.3, 0.4) is 0 Å². The number of furan rings is 1. The van der Waals surface area contributed by atoms with E-state index in [0.717, 1.165) is 93.7 Å². The van der Waals surface area contributed by atoms with E-state index in [0.29, 0.717) is 17.5 Å². The van der Waals surface area contributed by atoms with E-state index in [9.17, 15) is 0 Å². The van der Waals surface area contributed by atoms with Crippen LogP contribution >= 0.6 is 0 Å². The molecule has 0 saturated heterocycles. The van der Waals surface area contributed by atoms with Gasteiger partial charge < -0.3 is 13.6 Å². The van der Waals surface area contributed by atoms with Crippen LogP contribution in [0.5, 0.6) is 0 Å². The van der Waals surface area contributed by atoms with Crippen molar-refractivity contribution in [3.8, 4) is 56.7 Å². The molecule has 0 N–H and O–H groups in total. The monoisotopic (exact) mass is 905 g/mol. The summed E-state index contributed by atoms with van der Waals surface area (Å²) in [6.45, 7) is 0. The highest BCUT2D eigenvalue weighted by molar-refractivity contribution is 6.21. The minimum Gasteiger partial charge on any atom is -0.455 e. The summed E-state index contributed by atoms with van der Waals surface area (Å²) in [6, 6.07) is 83.8. The fourth-order valence-electron chi connectivity index (χ4n) is 11.1. The molecule has 0 aliphatic rings. The molecule has 15 rings (SSSR count). The Morgan fingerprint density at radius 2 is 0.887 bits per heavy atom. The zero-order valence-corrected chi connectivity index (χ0v) is 38.2. The molecular weight excluding hydrogens is 867 g/mol. The summed E-state index contributed by atoms with van der Waals surface area (Å²) in [4.78, 5) is 16.1. The Morgan fingerprint density at radius 1 is 0.296 bits per heavy atom. The molecule has 6 heteroatoms. The van der Waals surface area contributed by atoms with E-state index in [1.165, 1.54) is 32.6 Å². The number of nitrogens with zero attached hydrogens (tertiary/aromatic N) is 5. The summed E-state index contributed by atoms with van der Waals surface area (Å²) in [5, 5.41) is 11.4. The summed E-state index contributed by atoms with van der Waals surface area (Å²) >= 11 is 0. The molecule has 6 nitrogen and oxygen atoms in total. The molecule has 330 valence electrons. The van der Waals surface area contributed by atoms with E-state index >= 15 is 0 Å². The number of para-hydroxylation sites is 4. The van der Waals surface area contributed by atoms with Crippen LogP contribution < -0.4 is 0 Å². The van der Waals surface area contributed by atoms with Gasteiger partial charge in [0.05, 0.1) is 27.6 Å². The van der Waals surface area contributed by atoms with Crippen molar-refractivity contribution in [2.45, 2.75) is 0 Å². The van der Waals surface area contributed by atoms with Crippen LogP contribution in [-0.4, -0.2) is 24.1 Å². The summed E-state index contributed by atoms with van der Waals surface area (Å²) in [7, 11) is 0. The highest BCUT2D eigenvalue weighted by Gasteiger charge is 2.23. The molecule has 0 fully saturated rings. The van der Waals surface area contributed by atoms with E-state index < -0.39 is 0 Å². The number of benzene rings is 11. The summed E-state index contributed by atoms with van der Waals surface area (Å²) in [5.41, 5.74) is 13.0. The van der Waals surface area contributed by atoms with Crippen LogP contribution in [0.25, 0.3) is 144 Å². The lowest BCUT2D eigenvalue weighted by Crippen LogP contribution is -2.01. The van der Waals surface area contributed by atoms with E-state index in [-0.39, 0.29) is 0 Å². The van der Waals surface area contributed by atoms with Gasteiger partial charge >= 0.3 is 0 Å². The standard InChI is InChI=1S/C65H39N5O/c1-3-16-40(17-4-1)42-20-13-21-45(36-42)63-66-64(51-27-15-31-57-60(51)49-25-10-12-30-56(49)69(57)46-22-5-2-6-23-46)68-65(67-63)52-28-14-26-50-61-53-39-47(34-32-41(53)33-35-59(61)71-62(50)52)70-55-29-11-9-24-48(55)54-37-43-18-7-8-19-44(43)38-58(54)70/h1-39H. The van der Waals surface area contributed by atoms with Gasteiger partial charge in [-0.15, -0.1) is 0 Å². The van der Waals surface area contributed by atoms with Crippen LogP contribution in [0.1, 0.15) is 0 Å². The SMILES string of the molecule is c1ccc(-c2cccc(-c3nc(-c4cccc5c4oc4ccc6ccc(-n7c8ccccc8c8cc9ccccc9cc87)cc6c45)nc(-c4cccc5c4c4ccccc4n5-c4ccccc4)n3)c2)cc1. The molecular formula is C65H39N5O. The molecule has 4 aromatic heterocycles. The van der Waals surface area contributed by atoms with Crippen molar-refractivity contribution in [3.63, 3.8) is 0 Å². The molecule has 0 amide bonds. The first kappa shape index (κ1) is 39.4. The zero-order chi connectivity index (χ0) is 46.6. The topological polar surface area (TPSA) is 61.7 Å². The Labute approximate surface area is 407 Å². The third-order valence-electron chi connectivity index (χ3n) is 14.3. The molecule has 4 heterocycles. The lowest BCUT2D eigenvalue weighted by atomic mass is 10.0. The number of rotatable bonds is 6. The molecule has 0 saturated carbocycles. The highest BCUT2D eigenvalue weighted by Crippen LogP contribution is 2.43. The number of hydrogen-bond acceptors (Lipinski definition) is 4. The van der Waals surface area contributed by atoms with Gasteiger partial charge in [0.25, 0.3) is 0 Å². The lowest BCUT2D eigenvalue weighted by molar-refractivity contribution is 0.670. The van der Waals surface area contributed by atoms with Crippen LogP contribution in [0.2, 0.25) is 0 Å². The van der Waals surface area contributed by atoms with E-state index in [4.69, 9.17) is 19.4 Å². The first-order valence-corrected chi connectivity index (χ1v) is 24.0. The van der Waals surface area contributed by atoms with Crippen molar-refractivity contribution in [1.82, 2.24) is 24.1 Å². The molecule has 0 bridgehead atoms. The Morgan fingerprint density at radius 3 is 1.73 bits per heavy atom. The van der Waals surface area contributed by atoms with Crippen LogP contribution in [0.15, 0.2) is 241 Å². The maximum atomic E-state index is 7.00. The number of fused-ring (bicyclic) bond motifs is 12. The van der Waals surface area contributed by atoms with Gasteiger partial charge in [-0.1, -0.05) is 164 Å². The average Bonchev–Trinajstić information content (AvgIpc) is 4.10. The molecule has 0 spiro atoms. The summed E-state index contributed by atoms with van der Waals surface area (Å²) < 4.78 is 11.7. The normalized spacial score (nSPS) is 11.9. The summed E-state index contributed by atoms with van der Waals surface area (Å²) in [6.07, 6.45) is 0. The molecule has 0 unspecified atom stereocenters. The Kier molecular flexibility index (Phi) is 8.56. The van der Waals surface area contributed by atoms with Gasteiger partial charge in [-0.3, -0.25) is 0 Å². The second-order valence-corrected chi connectivity index (χ2v) is 18.3. The third kappa shape index (κ3) is 6.11. The zero-order valence-electron chi connectivity index (χ0n) is 38.2. The number of aromatic nitrogens is 5. The Balaban J connectivity index is 0.961. The molecule has 71 heavy (non-hydrogen) atoms. The largest absolute Gasteiger partial charge is 0.455 e. The molecule has 0 aliphatic heterocycles. The predicted molar refractivity (Wildman–Crippen MR) is 293 cm³/mol. The van der Waals surface area contributed by atoms with Crippen molar-refractivity contribution in [2.75, 3.05) is 0 Å². The minimum atomic E-state index is 0.533. The van der Waals surface area contributed by atoms with Gasteiger partial charge in [0.15, 0.2) is 17.5 Å². The van der Waals surface area contributed by atoms with Crippen LogP contribution in [0.4, 0.5) is 0 Å². The second-order valence-electron chi connectivity index (χ2n) is 18.3. The average molecular weight is 906 g/mol. The highest BCUT2D eigenvalue weighted by atomic mass is 16.3. The fraction of sp³-hybridized carbons (Fsp3) is 0. The molecule has 11 aromatic carbocycles. The summed E-state index contributed by atoms with van der Waals surface area (Å²) in [5.74, 6) is 1.69. The molecule has 0 radical (unpaired) electrons. The smallest absolute Gasteiger partial charge is 0.167 e. The number of hydrogen-bond donors (Lipinski definition) is 0. The van der Waals surface area contributed by atoms with Gasteiger partial charge in [-0.2, -0.15) is 0 Å². The Bertz CT molecular complexity index is 4640. The predicted octanol–water partition coefficient (Wildman–Crippen LogP) is 16.9. The molecule has 15 aromatic rings. The van der Waals surface area contributed by atoms with Gasteiger partial charge in [0.2, 0.25) is 0 Å². The van der Waals surface area contributed by atoms with Crippen LogP contribution in [-0.2, 0) is 0 Å². The van der Waals surface area contributed by atoms with Crippen molar-refractivity contribution in [3.05, 3.63) is 237 Å². The Hall–Kier alpha value is -9.65. The van der Waals surface area contributed by atoms with Crippen molar-refractivity contribution in [2.24, 2.45) is 0 Å². The van der Waals surface area contributed by atoms with Gasteiger partial charge in [0, 0.05) is 54.8 Å². The van der Waals surface area contributed by atoms with Crippen molar-refractivity contribution in [1.29, 1.82) is 0 Å². The molecule has 0 aliphatic carbocycles. The minimum absolute atomic E-state index is 0.533. The maximum Gasteiger partial charge on any atom is 0.167 e. The third-order valence-corrected chi connectivity index (χ3v) is 14.3. The quantitative estimate of drug-likeness (QED) is 0.167. The van der Waals surface area contributed by atoms with Gasteiger partial charge in [-0.25, -0.2) is 15.0 Å². The van der Waals surface area contributed by atoms with Crippen molar-refractivity contribution < 1.29 is 4.42 Å². The van der Waals surface area contributed by atoms with Gasteiger partial charge in [-0.05, 0) is 105 Å². The van der Waals surface area contributed by atoms with E-state index in [1.54, 1.807) is 0 Å². The van der Waals surface area contributed by atoms with Gasteiger partial charge in [0.1, 0.15) is 11.2 Å². The first-order chi connectivity index (χ1) is 35.2. The van der Waals surface area contributed by atoms with Crippen molar-refractivity contribution >= 4 is 87.1 Å². The van der Waals surface area contributed by atoms with E-state index in [1.807, 2.05) is 6.07 Å². The van der Waals surface area contributed by atoms with E-state index in [2.05, 4.69) is 240 Å². The van der Waals surface area contributed by atoms with Crippen LogP contribution in [0, 0.1) is 0 Å².